The smallest absolute Gasteiger partial charge is 0.138 e. The number of anilines is 3. The molecule has 0 saturated carbocycles. The van der Waals surface area contributed by atoms with Crippen molar-refractivity contribution in [1.82, 2.24) is 0 Å². The van der Waals surface area contributed by atoms with Crippen LogP contribution in [0.25, 0.3) is 55.0 Å². The van der Waals surface area contributed by atoms with Gasteiger partial charge in [0.25, 0.3) is 0 Å². The zero-order valence-electron chi connectivity index (χ0n) is 30.1. The second kappa shape index (κ2) is 12.5. The molecule has 0 N–H and O–H groups in total. The first-order valence-electron chi connectivity index (χ1n) is 18.9. The van der Waals surface area contributed by atoms with Crippen LogP contribution in [0.1, 0.15) is 22.3 Å². The van der Waals surface area contributed by atoms with Crippen LogP contribution in [0, 0.1) is 0 Å². The first kappa shape index (κ1) is 31.4. The third-order valence-corrected chi connectivity index (χ3v) is 11.6. The standard InChI is InChI=1S/C53H35NO/c1-3-15-36(16-4-1)37-27-31-40(32-28-37)54(49-35-51-52(45-22-8-7-21-44(45)49)46-23-11-14-26-50(46)55-51)41-33-29-39(30-34-41)53(38-17-5-2-6-18-38)47-24-12-9-19-42(47)43-20-10-13-25-48(43)53/h1-35H. The van der Waals surface area contributed by atoms with E-state index in [0.717, 1.165) is 44.4 Å². The van der Waals surface area contributed by atoms with Crippen molar-refractivity contribution in [1.29, 1.82) is 0 Å². The van der Waals surface area contributed by atoms with Gasteiger partial charge in [-0.2, -0.15) is 0 Å². The van der Waals surface area contributed by atoms with Crippen molar-refractivity contribution in [3.05, 3.63) is 235 Å². The molecule has 258 valence electrons. The van der Waals surface area contributed by atoms with Crippen molar-refractivity contribution in [2.75, 3.05) is 4.90 Å². The molecule has 0 radical (unpaired) electrons. The number of benzene rings is 9. The third-order valence-electron chi connectivity index (χ3n) is 11.6. The van der Waals surface area contributed by atoms with E-state index in [1.165, 1.54) is 49.9 Å². The van der Waals surface area contributed by atoms with Crippen LogP contribution >= 0.6 is 0 Å². The van der Waals surface area contributed by atoms with Crippen molar-refractivity contribution in [2.45, 2.75) is 5.41 Å². The van der Waals surface area contributed by atoms with Crippen molar-refractivity contribution < 1.29 is 4.42 Å². The minimum absolute atomic E-state index is 0.463. The molecule has 1 aromatic heterocycles. The molecule has 0 saturated heterocycles. The second-order valence-corrected chi connectivity index (χ2v) is 14.4. The predicted octanol–water partition coefficient (Wildman–Crippen LogP) is 14.2. The minimum atomic E-state index is -0.463. The molecule has 1 heterocycles. The van der Waals surface area contributed by atoms with Crippen LogP contribution in [0.5, 0.6) is 0 Å². The van der Waals surface area contributed by atoms with Gasteiger partial charge in [0.1, 0.15) is 11.2 Å². The van der Waals surface area contributed by atoms with Crippen LogP contribution in [0.2, 0.25) is 0 Å². The Labute approximate surface area is 320 Å². The summed E-state index contributed by atoms with van der Waals surface area (Å²) in [6.07, 6.45) is 0. The summed E-state index contributed by atoms with van der Waals surface area (Å²) in [5.74, 6) is 0. The van der Waals surface area contributed by atoms with Crippen LogP contribution in [-0.2, 0) is 5.41 Å². The summed E-state index contributed by atoms with van der Waals surface area (Å²) in [5, 5.41) is 4.61. The van der Waals surface area contributed by atoms with Gasteiger partial charge in [0, 0.05) is 33.6 Å². The fourth-order valence-corrected chi connectivity index (χ4v) is 9.19. The molecule has 1 aliphatic carbocycles. The Bertz CT molecular complexity index is 2970. The Kier molecular flexibility index (Phi) is 7.11. The maximum absolute atomic E-state index is 6.59. The highest BCUT2D eigenvalue weighted by molar-refractivity contribution is 6.22. The fraction of sp³-hybridized carbons (Fsp3) is 0.0189. The van der Waals surface area contributed by atoms with E-state index in [-0.39, 0.29) is 0 Å². The number of para-hydroxylation sites is 1. The highest BCUT2D eigenvalue weighted by Gasteiger charge is 2.45. The summed E-state index contributed by atoms with van der Waals surface area (Å²) >= 11 is 0. The lowest BCUT2D eigenvalue weighted by atomic mass is 9.68. The van der Waals surface area contributed by atoms with Crippen molar-refractivity contribution in [3.63, 3.8) is 0 Å². The van der Waals surface area contributed by atoms with Crippen molar-refractivity contribution in [3.8, 4) is 22.3 Å². The number of hydrogen-bond acceptors (Lipinski definition) is 2. The van der Waals surface area contributed by atoms with Gasteiger partial charge in [-0.05, 0) is 80.2 Å². The average molecular weight is 702 g/mol. The van der Waals surface area contributed by atoms with Gasteiger partial charge in [-0.15, -0.1) is 0 Å². The molecule has 0 amide bonds. The quantitative estimate of drug-likeness (QED) is 0.172. The number of rotatable bonds is 6. The van der Waals surface area contributed by atoms with Gasteiger partial charge in [0.2, 0.25) is 0 Å². The molecule has 10 aromatic rings. The van der Waals surface area contributed by atoms with Gasteiger partial charge in [-0.25, -0.2) is 0 Å². The van der Waals surface area contributed by atoms with Crippen LogP contribution in [-0.4, -0.2) is 0 Å². The summed E-state index contributed by atoms with van der Waals surface area (Å²) < 4.78 is 6.59. The van der Waals surface area contributed by atoms with E-state index in [0.29, 0.717) is 0 Å². The van der Waals surface area contributed by atoms with E-state index < -0.39 is 5.41 Å². The first-order valence-corrected chi connectivity index (χ1v) is 18.9. The van der Waals surface area contributed by atoms with E-state index in [2.05, 4.69) is 211 Å². The highest BCUT2D eigenvalue weighted by atomic mass is 16.3. The van der Waals surface area contributed by atoms with Gasteiger partial charge in [-0.1, -0.05) is 176 Å². The Morgan fingerprint density at radius 1 is 0.364 bits per heavy atom. The molecule has 0 unspecified atom stereocenters. The lowest BCUT2D eigenvalue weighted by Crippen LogP contribution is -2.28. The monoisotopic (exact) mass is 701 g/mol. The molecule has 0 atom stereocenters. The topological polar surface area (TPSA) is 16.4 Å². The van der Waals surface area contributed by atoms with Crippen molar-refractivity contribution in [2.24, 2.45) is 0 Å². The minimum Gasteiger partial charge on any atom is -0.456 e. The Morgan fingerprint density at radius 3 is 1.53 bits per heavy atom. The maximum Gasteiger partial charge on any atom is 0.138 e. The molecule has 0 aliphatic heterocycles. The molecule has 11 rings (SSSR count). The summed E-state index contributed by atoms with van der Waals surface area (Å²) in [7, 11) is 0. The summed E-state index contributed by atoms with van der Waals surface area (Å²) in [6, 6.07) is 76.9. The van der Waals surface area contributed by atoms with Gasteiger partial charge < -0.3 is 9.32 Å². The van der Waals surface area contributed by atoms with Gasteiger partial charge in [0.15, 0.2) is 0 Å². The van der Waals surface area contributed by atoms with E-state index in [1.54, 1.807) is 0 Å². The van der Waals surface area contributed by atoms with Gasteiger partial charge in [-0.3, -0.25) is 0 Å². The zero-order valence-corrected chi connectivity index (χ0v) is 30.1. The summed E-state index contributed by atoms with van der Waals surface area (Å²) in [6.45, 7) is 0. The summed E-state index contributed by atoms with van der Waals surface area (Å²) in [5.41, 5.74) is 14.6. The highest BCUT2D eigenvalue weighted by Crippen LogP contribution is 2.56. The average Bonchev–Trinajstić information content (AvgIpc) is 3.79. The van der Waals surface area contributed by atoms with E-state index in [4.69, 9.17) is 4.42 Å². The number of fused-ring (bicyclic) bond motifs is 8. The zero-order chi connectivity index (χ0) is 36.3. The largest absolute Gasteiger partial charge is 0.456 e. The normalized spacial score (nSPS) is 12.9. The van der Waals surface area contributed by atoms with Crippen LogP contribution in [0.15, 0.2) is 217 Å². The SMILES string of the molecule is c1ccc(-c2ccc(N(c3ccc(C4(c5ccccc5)c5ccccc5-c5ccccc54)cc3)c3cc4oc5ccccc5c4c4ccccc34)cc2)cc1. The lowest BCUT2D eigenvalue weighted by molar-refractivity contribution is 0.669. The number of nitrogens with zero attached hydrogens (tertiary/aromatic N) is 1. The fourth-order valence-electron chi connectivity index (χ4n) is 9.19. The Morgan fingerprint density at radius 2 is 0.855 bits per heavy atom. The molecule has 0 fully saturated rings. The van der Waals surface area contributed by atoms with Crippen molar-refractivity contribution >= 4 is 49.8 Å². The van der Waals surface area contributed by atoms with E-state index in [1.807, 2.05) is 6.07 Å². The Balaban J connectivity index is 1.14. The molecule has 0 spiro atoms. The maximum atomic E-state index is 6.59. The Hall–Kier alpha value is -7.16. The third kappa shape index (κ3) is 4.75. The first-order chi connectivity index (χ1) is 27.3. The molecule has 2 heteroatoms. The van der Waals surface area contributed by atoms with Gasteiger partial charge in [0.05, 0.1) is 11.1 Å². The molecule has 0 bridgehead atoms. The number of hydrogen-bond donors (Lipinski definition) is 0. The van der Waals surface area contributed by atoms with Crippen LogP contribution < -0.4 is 4.90 Å². The molecule has 55 heavy (non-hydrogen) atoms. The van der Waals surface area contributed by atoms with Gasteiger partial charge >= 0.3 is 0 Å². The molecular weight excluding hydrogens is 667 g/mol. The molecule has 2 nitrogen and oxygen atoms in total. The lowest BCUT2D eigenvalue weighted by Gasteiger charge is -2.34. The van der Waals surface area contributed by atoms with Crippen LogP contribution in [0.4, 0.5) is 17.1 Å². The van der Waals surface area contributed by atoms with Crippen LogP contribution in [0.3, 0.4) is 0 Å². The second-order valence-electron chi connectivity index (χ2n) is 14.4. The predicted molar refractivity (Wildman–Crippen MR) is 229 cm³/mol. The number of furan rings is 1. The summed E-state index contributed by atoms with van der Waals surface area (Å²) in [4.78, 5) is 2.39. The molecular formula is C53H35NO. The molecule has 9 aromatic carbocycles. The van der Waals surface area contributed by atoms with E-state index in [9.17, 15) is 0 Å². The molecule has 1 aliphatic rings. The van der Waals surface area contributed by atoms with E-state index >= 15 is 0 Å².